The maximum atomic E-state index is 5.97. The zero-order chi connectivity index (χ0) is 12.5. The van der Waals surface area contributed by atoms with E-state index in [1.165, 1.54) is 0 Å². The molecule has 18 heavy (non-hydrogen) atoms. The average molecular weight is 241 g/mol. The van der Waals surface area contributed by atoms with E-state index in [9.17, 15) is 0 Å². The Bertz CT molecular complexity index is 707. The molecule has 0 bridgehead atoms. The van der Waals surface area contributed by atoms with Gasteiger partial charge >= 0.3 is 0 Å². The van der Waals surface area contributed by atoms with E-state index in [-0.39, 0.29) is 0 Å². The van der Waals surface area contributed by atoms with Crippen LogP contribution in [0.4, 0.5) is 5.69 Å². The van der Waals surface area contributed by atoms with Gasteiger partial charge in [0.25, 0.3) is 0 Å². The average Bonchev–Trinajstić information content (AvgIpc) is 2.83. The Morgan fingerprint density at radius 1 is 1.28 bits per heavy atom. The number of hydrogen-bond acceptors (Lipinski definition) is 5. The molecule has 0 saturated carbocycles. The minimum Gasteiger partial charge on any atom is -0.497 e. The summed E-state index contributed by atoms with van der Waals surface area (Å²) in [5, 5.41) is 8.18. The van der Waals surface area contributed by atoms with Gasteiger partial charge in [-0.2, -0.15) is 0 Å². The summed E-state index contributed by atoms with van der Waals surface area (Å²) in [6.45, 7) is 0. The summed E-state index contributed by atoms with van der Waals surface area (Å²) in [5.41, 5.74) is 8.06. The fourth-order valence-electron chi connectivity index (χ4n) is 1.79. The Hall–Kier alpha value is -2.63. The number of rotatable bonds is 2. The van der Waals surface area contributed by atoms with Gasteiger partial charge in [0.1, 0.15) is 5.75 Å². The molecule has 0 radical (unpaired) electrons. The first-order chi connectivity index (χ1) is 8.79. The Morgan fingerprint density at radius 3 is 3.00 bits per heavy atom. The van der Waals surface area contributed by atoms with Crippen LogP contribution in [-0.2, 0) is 0 Å². The highest BCUT2D eigenvalue weighted by Gasteiger charge is 2.11. The highest BCUT2D eigenvalue weighted by Crippen LogP contribution is 2.28. The summed E-state index contributed by atoms with van der Waals surface area (Å²) < 4.78 is 7.03. The molecule has 6 heteroatoms. The van der Waals surface area contributed by atoms with Crippen molar-refractivity contribution < 1.29 is 4.74 Å². The molecule has 0 saturated heterocycles. The molecule has 3 rings (SSSR count). The number of nitrogens with zero attached hydrogens (tertiary/aromatic N) is 4. The van der Waals surface area contributed by atoms with Gasteiger partial charge in [0.2, 0.25) is 0 Å². The molecule has 2 N–H and O–H groups in total. The van der Waals surface area contributed by atoms with E-state index >= 15 is 0 Å². The number of benzene rings is 1. The van der Waals surface area contributed by atoms with E-state index in [4.69, 9.17) is 10.5 Å². The third-order valence-electron chi connectivity index (χ3n) is 2.72. The quantitative estimate of drug-likeness (QED) is 0.686. The summed E-state index contributed by atoms with van der Waals surface area (Å²) >= 11 is 0. The second kappa shape index (κ2) is 3.99. The molecule has 0 spiro atoms. The summed E-state index contributed by atoms with van der Waals surface area (Å²) in [5.74, 6) is 1.40. The van der Waals surface area contributed by atoms with Crippen molar-refractivity contribution in [1.82, 2.24) is 19.6 Å². The highest BCUT2D eigenvalue weighted by atomic mass is 16.5. The van der Waals surface area contributed by atoms with E-state index in [1.54, 1.807) is 31.8 Å². The van der Waals surface area contributed by atoms with Crippen LogP contribution in [0.5, 0.6) is 5.75 Å². The molecule has 0 aliphatic rings. The number of methoxy groups -OCH3 is 1. The number of anilines is 1. The lowest BCUT2D eigenvalue weighted by molar-refractivity contribution is 0.415. The Kier molecular flexibility index (Phi) is 2.33. The maximum Gasteiger partial charge on any atom is 0.179 e. The van der Waals surface area contributed by atoms with Gasteiger partial charge in [0.15, 0.2) is 11.5 Å². The molecule has 0 amide bonds. The number of hydrogen-bond donors (Lipinski definition) is 1. The fraction of sp³-hybridized carbons (Fsp3) is 0.0833. The zero-order valence-corrected chi connectivity index (χ0v) is 9.74. The molecule has 6 nitrogen and oxygen atoms in total. The first kappa shape index (κ1) is 10.5. The second-order valence-corrected chi connectivity index (χ2v) is 3.78. The van der Waals surface area contributed by atoms with Crippen LogP contribution in [0.25, 0.3) is 17.0 Å². The lowest BCUT2D eigenvalue weighted by atomic mass is 10.1. The van der Waals surface area contributed by atoms with Crippen LogP contribution in [-0.4, -0.2) is 26.7 Å². The number of fused-ring (bicyclic) bond motifs is 1. The van der Waals surface area contributed by atoms with Crippen LogP contribution < -0.4 is 10.5 Å². The van der Waals surface area contributed by atoms with Crippen molar-refractivity contribution in [1.29, 1.82) is 0 Å². The SMILES string of the molecule is COc1ccc(N)c(-c2nnc3cnccn23)c1. The van der Waals surface area contributed by atoms with Crippen molar-refractivity contribution in [3.05, 3.63) is 36.8 Å². The Balaban J connectivity index is 2.25. The fourth-order valence-corrected chi connectivity index (χ4v) is 1.79. The van der Waals surface area contributed by atoms with Crippen molar-refractivity contribution in [3.8, 4) is 17.1 Å². The molecular weight excluding hydrogens is 230 g/mol. The summed E-state index contributed by atoms with van der Waals surface area (Å²) in [7, 11) is 1.61. The van der Waals surface area contributed by atoms with E-state index in [1.807, 2.05) is 16.5 Å². The first-order valence-electron chi connectivity index (χ1n) is 5.38. The van der Waals surface area contributed by atoms with Crippen LogP contribution in [0, 0.1) is 0 Å². The topological polar surface area (TPSA) is 78.3 Å². The molecule has 0 aliphatic carbocycles. The van der Waals surface area contributed by atoms with Crippen molar-refractivity contribution in [3.63, 3.8) is 0 Å². The number of nitrogen functional groups attached to an aromatic ring is 1. The van der Waals surface area contributed by atoms with Crippen LogP contribution in [0.3, 0.4) is 0 Å². The van der Waals surface area contributed by atoms with Crippen LogP contribution >= 0.6 is 0 Å². The van der Waals surface area contributed by atoms with Crippen molar-refractivity contribution in [2.24, 2.45) is 0 Å². The standard InChI is InChI=1S/C12H11N5O/c1-18-8-2-3-10(13)9(6-8)12-16-15-11-7-14-4-5-17(11)12/h2-7H,13H2,1H3. The van der Waals surface area contributed by atoms with Crippen LogP contribution in [0.1, 0.15) is 0 Å². The van der Waals surface area contributed by atoms with Gasteiger partial charge in [-0.25, -0.2) is 0 Å². The predicted molar refractivity (Wildman–Crippen MR) is 67.2 cm³/mol. The predicted octanol–water partition coefficient (Wildman–Crippen LogP) is 1.38. The van der Waals surface area contributed by atoms with Crippen molar-refractivity contribution in [2.45, 2.75) is 0 Å². The molecule has 90 valence electrons. The van der Waals surface area contributed by atoms with Gasteiger partial charge in [-0.05, 0) is 18.2 Å². The van der Waals surface area contributed by atoms with E-state index in [0.717, 1.165) is 11.3 Å². The highest BCUT2D eigenvalue weighted by molar-refractivity contribution is 5.74. The van der Waals surface area contributed by atoms with Gasteiger partial charge in [0.05, 0.1) is 13.3 Å². The Labute approximate surface area is 103 Å². The summed E-state index contributed by atoms with van der Waals surface area (Å²) in [6.07, 6.45) is 5.12. The van der Waals surface area contributed by atoms with Crippen LogP contribution in [0.2, 0.25) is 0 Å². The van der Waals surface area contributed by atoms with Crippen LogP contribution in [0.15, 0.2) is 36.8 Å². The normalized spacial score (nSPS) is 10.7. The molecular formula is C12H11N5O. The molecule has 0 fully saturated rings. The van der Waals surface area contributed by atoms with E-state index in [0.29, 0.717) is 17.2 Å². The molecule has 2 heterocycles. The van der Waals surface area contributed by atoms with Gasteiger partial charge in [-0.1, -0.05) is 0 Å². The molecule has 0 unspecified atom stereocenters. The third kappa shape index (κ3) is 1.55. The van der Waals surface area contributed by atoms with Gasteiger partial charge < -0.3 is 10.5 Å². The molecule has 3 aromatic rings. The lowest BCUT2D eigenvalue weighted by Crippen LogP contribution is -1.96. The van der Waals surface area contributed by atoms with Gasteiger partial charge in [-0.3, -0.25) is 9.38 Å². The molecule has 2 aromatic heterocycles. The number of aromatic nitrogens is 4. The lowest BCUT2D eigenvalue weighted by Gasteiger charge is -2.06. The van der Waals surface area contributed by atoms with Crippen molar-refractivity contribution >= 4 is 11.3 Å². The number of nitrogens with two attached hydrogens (primary N) is 1. The largest absolute Gasteiger partial charge is 0.497 e. The summed E-state index contributed by atoms with van der Waals surface area (Å²) in [4.78, 5) is 4.00. The minimum absolute atomic E-state index is 0.627. The van der Waals surface area contributed by atoms with Gasteiger partial charge in [-0.15, -0.1) is 10.2 Å². The second-order valence-electron chi connectivity index (χ2n) is 3.78. The first-order valence-corrected chi connectivity index (χ1v) is 5.38. The van der Waals surface area contributed by atoms with Gasteiger partial charge in [0, 0.05) is 23.6 Å². The maximum absolute atomic E-state index is 5.97. The zero-order valence-electron chi connectivity index (χ0n) is 9.74. The van der Waals surface area contributed by atoms with E-state index < -0.39 is 0 Å². The molecule has 0 aliphatic heterocycles. The smallest absolute Gasteiger partial charge is 0.179 e. The number of ether oxygens (including phenoxy) is 1. The van der Waals surface area contributed by atoms with E-state index in [2.05, 4.69) is 15.2 Å². The minimum atomic E-state index is 0.627. The molecule has 1 aromatic carbocycles. The Morgan fingerprint density at radius 2 is 2.17 bits per heavy atom. The molecule has 0 atom stereocenters. The summed E-state index contributed by atoms with van der Waals surface area (Å²) in [6, 6.07) is 5.44. The van der Waals surface area contributed by atoms with Crippen molar-refractivity contribution in [2.75, 3.05) is 12.8 Å². The monoisotopic (exact) mass is 241 g/mol. The third-order valence-corrected chi connectivity index (χ3v) is 2.72.